The molecular formula is C24H38N6. The first-order valence-electron chi connectivity index (χ1n) is 11.2. The van der Waals surface area contributed by atoms with Crippen molar-refractivity contribution >= 4 is 5.96 Å². The topological polar surface area (TPSA) is 57.5 Å². The maximum atomic E-state index is 4.57. The van der Waals surface area contributed by atoms with Crippen LogP contribution in [0.3, 0.4) is 0 Å². The fraction of sp³-hybridized carbons (Fsp3) is 0.583. The molecule has 3 rings (SSSR count). The number of rotatable bonds is 7. The quantitative estimate of drug-likeness (QED) is 0.543. The summed E-state index contributed by atoms with van der Waals surface area (Å²) in [6.07, 6.45) is 2.27. The third kappa shape index (κ3) is 6.33. The highest BCUT2D eigenvalue weighted by atomic mass is 15.3. The van der Waals surface area contributed by atoms with Crippen molar-refractivity contribution in [2.24, 2.45) is 10.9 Å². The molecule has 6 nitrogen and oxygen atoms in total. The molecule has 1 saturated heterocycles. The zero-order chi connectivity index (χ0) is 21.5. The Morgan fingerprint density at radius 1 is 1.27 bits per heavy atom. The molecule has 2 aromatic rings. The number of nitrogens with zero attached hydrogens (tertiary/aromatic N) is 4. The van der Waals surface area contributed by atoms with Gasteiger partial charge in [-0.15, -0.1) is 0 Å². The van der Waals surface area contributed by atoms with Crippen molar-refractivity contribution in [2.45, 2.75) is 65.7 Å². The Kier molecular flexibility index (Phi) is 7.91. The van der Waals surface area contributed by atoms with E-state index in [-0.39, 0.29) is 0 Å². The van der Waals surface area contributed by atoms with Crippen LogP contribution in [0.1, 0.15) is 43.6 Å². The third-order valence-electron chi connectivity index (χ3n) is 6.01. The average molecular weight is 411 g/mol. The fourth-order valence-electron chi connectivity index (χ4n) is 4.28. The predicted molar refractivity (Wildman–Crippen MR) is 125 cm³/mol. The zero-order valence-electron chi connectivity index (χ0n) is 19.2. The molecular weight excluding hydrogens is 372 g/mol. The Hall–Kier alpha value is -2.34. The molecule has 1 aromatic heterocycles. The summed E-state index contributed by atoms with van der Waals surface area (Å²) < 4.78 is 2.10. The summed E-state index contributed by atoms with van der Waals surface area (Å²) in [5, 5.41) is 11.7. The number of aromatic nitrogens is 2. The Morgan fingerprint density at radius 2 is 2.03 bits per heavy atom. The molecule has 0 saturated carbocycles. The highest BCUT2D eigenvalue weighted by Gasteiger charge is 2.26. The molecule has 30 heavy (non-hydrogen) atoms. The molecule has 0 radical (unpaired) electrons. The van der Waals surface area contributed by atoms with Gasteiger partial charge in [-0.1, -0.05) is 37.3 Å². The van der Waals surface area contributed by atoms with Crippen LogP contribution in [-0.2, 0) is 13.1 Å². The van der Waals surface area contributed by atoms with Gasteiger partial charge in [-0.3, -0.25) is 14.6 Å². The fourth-order valence-corrected chi connectivity index (χ4v) is 4.28. The lowest BCUT2D eigenvalue weighted by Gasteiger charge is -2.38. The molecule has 1 aliphatic rings. The van der Waals surface area contributed by atoms with Gasteiger partial charge >= 0.3 is 0 Å². The van der Waals surface area contributed by atoms with Crippen molar-refractivity contribution in [3.8, 4) is 0 Å². The van der Waals surface area contributed by atoms with Crippen molar-refractivity contribution in [3.05, 3.63) is 53.3 Å². The Labute approximate surface area is 181 Å². The molecule has 1 aliphatic heterocycles. The zero-order valence-corrected chi connectivity index (χ0v) is 19.2. The van der Waals surface area contributed by atoms with Crippen molar-refractivity contribution in [1.82, 2.24) is 25.3 Å². The number of piperidine rings is 1. The van der Waals surface area contributed by atoms with Gasteiger partial charge in [0.1, 0.15) is 0 Å². The van der Waals surface area contributed by atoms with E-state index < -0.39 is 0 Å². The molecule has 6 heteroatoms. The van der Waals surface area contributed by atoms with E-state index >= 15 is 0 Å². The van der Waals surface area contributed by atoms with Crippen LogP contribution in [0.4, 0.5) is 0 Å². The monoisotopic (exact) mass is 410 g/mol. The lowest BCUT2D eigenvalue weighted by molar-refractivity contribution is 0.134. The van der Waals surface area contributed by atoms with Crippen LogP contribution in [-0.4, -0.2) is 52.9 Å². The van der Waals surface area contributed by atoms with E-state index in [4.69, 9.17) is 0 Å². The van der Waals surface area contributed by atoms with Crippen molar-refractivity contribution in [3.63, 3.8) is 0 Å². The minimum Gasteiger partial charge on any atom is -0.356 e. The number of likely N-dealkylation sites (tertiary alicyclic amines) is 1. The highest BCUT2D eigenvalue weighted by Crippen LogP contribution is 2.20. The van der Waals surface area contributed by atoms with Crippen LogP contribution in [0.5, 0.6) is 0 Å². The number of nitrogens with one attached hydrogen (secondary N) is 2. The smallest absolute Gasteiger partial charge is 0.191 e. The SMILES string of the molecule is CN=C(NCC(C)Cn1nc(C)cc1C)NC1CCN(Cc2ccccc2)C(C)C1. The number of aryl methyl sites for hydroxylation is 2. The minimum atomic E-state index is 0.463. The van der Waals surface area contributed by atoms with E-state index in [0.29, 0.717) is 18.0 Å². The first kappa shape index (κ1) is 22.3. The third-order valence-corrected chi connectivity index (χ3v) is 6.01. The number of aliphatic imine (C=N–C) groups is 1. The van der Waals surface area contributed by atoms with Gasteiger partial charge in [0.25, 0.3) is 0 Å². The van der Waals surface area contributed by atoms with E-state index in [1.807, 2.05) is 14.0 Å². The van der Waals surface area contributed by atoms with Gasteiger partial charge in [0, 0.05) is 51.0 Å². The normalized spacial score (nSPS) is 21.4. The summed E-state index contributed by atoms with van der Waals surface area (Å²) in [4.78, 5) is 7.04. The first-order chi connectivity index (χ1) is 14.4. The van der Waals surface area contributed by atoms with E-state index in [0.717, 1.165) is 50.7 Å². The van der Waals surface area contributed by atoms with Crippen molar-refractivity contribution in [1.29, 1.82) is 0 Å². The lowest BCUT2D eigenvalue weighted by atomic mass is 9.97. The predicted octanol–water partition coefficient (Wildman–Crippen LogP) is 3.35. The van der Waals surface area contributed by atoms with Gasteiger partial charge in [-0.05, 0) is 51.2 Å². The Morgan fingerprint density at radius 3 is 2.67 bits per heavy atom. The molecule has 1 aromatic carbocycles. The summed E-state index contributed by atoms with van der Waals surface area (Å²) in [6, 6.07) is 13.9. The summed E-state index contributed by atoms with van der Waals surface area (Å²) in [5.41, 5.74) is 3.70. The minimum absolute atomic E-state index is 0.463. The summed E-state index contributed by atoms with van der Waals surface area (Å²) >= 11 is 0. The first-order valence-corrected chi connectivity index (χ1v) is 11.2. The van der Waals surface area contributed by atoms with Gasteiger partial charge in [0.15, 0.2) is 5.96 Å². The summed E-state index contributed by atoms with van der Waals surface area (Å²) in [7, 11) is 1.86. The number of benzene rings is 1. The van der Waals surface area contributed by atoms with E-state index in [2.05, 4.69) is 87.5 Å². The van der Waals surface area contributed by atoms with E-state index in [9.17, 15) is 0 Å². The molecule has 2 heterocycles. The standard InChI is InChI=1S/C24H38N6/c1-18(16-30-21(4)13-19(2)28-30)15-26-24(25-5)27-23-11-12-29(20(3)14-23)17-22-9-7-6-8-10-22/h6-10,13,18,20,23H,11-12,14-17H2,1-5H3,(H2,25,26,27). The van der Waals surface area contributed by atoms with Crippen LogP contribution >= 0.6 is 0 Å². The largest absolute Gasteiger partial charge is 0.356 e. The molecule has 1 fully saturated rings. The molecule has 0 bridgehead atoms. The van der Waals surface area contributed by atoms with Gasteiger partial charge in [-0.25, -0.2) is 0 Å². The van der Waals surface area contributed by atoms with Crippen molar-refractivity contribution < 1.29 is 0 Å². The van der Waals surface area contributed by atoms with Gasteiger partial charge in [0.05, 0.1) is 5.69 Å². The molecule has 0 aliphatic carbocycles. The second kappa shape index (κ2) is 10.6. The molecule has 164 valence electrons. The van der Waals surface area contributed by atoms with Crippen LogP contribution < -0.4 is 10.6 Å². The van der Waals surface area contributed by atoms with Gasteiger partial charge in [-0.2, -0.15) is 5.10 Å². The van der Waals surface area contributed by atoms with Crippen molar-refractivity contribution in [2.75, 3.05) is 20.1 Å². The highest BCUT2D eigenvalue weighted by molar-refractivity contribution is 5.79. The number of hydrogen-bond donors (Lipinski definition) is 2. The van der Waals surface area contributed by atoms with Crippen LogP contribution in [0, 0.1) is 19.8 Å². The maximum Gasteiger partial charge on any atom is 0.191 e. The molecule has 3 atom stereocenters. The second-order valence-electron chi connectivity index (χ2n) is 8.84. The Bertz CT molecular complexity index is 812. The van der Waals surface area contributed by atoms with Gasteiger partial charge in [0.2, 0.25) is 0 Å². The van der Waals surface area contributed by atoms with E-state index in [1.54, 1.807) is 0 Å². The van der Waals surface area contributed by atoms with Crippen LogP contribution in [0.25, 0.3) is 0 Å². The van der Waals surface area contributed by atoms with Crippen LogP contribution in [0.15, 0.2) is 41.4 Å². The summed E-state index contributed by atoms with van der Waals surface area (Å²) in [5.74, 6) is 1.37. The number of hydrogen-bond acceptors (Lipinski definition) is 3. The second-order valence-corrected chi connectivity index (χ2v) is 8.84. The summed E-state index contributed by atoms with van der Waals surface area (Å²) in [6.45, 7) is 12.7. The van der Waals surface area contributed by atoms with Crippen LogP contribution in [0.2, 0.25) is 0 Å². The lowest BCUT2D eigenvalue weighted by Crippen LogP contribution is -2.51. The van der Waals surface area contributed by atoms with E-state index in [1.165, 1.54) is 11.3 Å². The van der Waals surface area contributed by atoms with Gasteiger partial charge < -0.3 is 10.6 Å². The maximum absolute atomic E-state index is 4.57. The molecule has 2 N–H and O–H groups in total. The molecule has 3 unspecified atom stereocenters. The molecule has 0 amide bonds. The number of guanidine groups is 1. The Balaban J connectivity index is 1.43. The molecule has 0 spiro atoms. The average Bonchev–Trinajstić information content (AvgIpc) is 3.04.